The molecule has 1 saturated heterocycles. The molecule has 1 aromatic rings. The van der Waals surface area contributed by atoms with Gasteiger partial charge in [0.1, 0.15) is 5.78 Å². The van der Waals surface area contributed by atoms with Crippen molar-refractivity contribution < 1.29 is 18.7 Å². The van der Waals surface area contributed by atoms with Gasteiger partial charge in [-0.25, -0.2) is 9.18 Å². The molecule has 0 N–H and O–H groups in total. The Kier molecular flexibility index (Phi) is 3.37. The third-order valence-electron chi connectivity index (χ3n) is 2.61. The molecule has 1 aromatic carbocycles. The number of likely N-dealkylation sites (tertiary alicyclic amines) is 1. The average Bonchev–Trinajstić information content (AvgIpc) is 2.33. The lowest BCUT2D eigenvalue weighted by atomic mass is 10.1. The first-order chi connectivity index (χ1) is 8.16. The number of halogens is 1. The summed E-state index contributed by atoms with van der Waals surface area (Å²) in [5, 5.41) is 0. The maximum absolute atomic E-state index is 13.2. The van der Waals surface area contributed by atoms with Crippen LogP contribution in [-0.4, -0.2) is 29.9 Å². The quantitative estimate of drug-likeness (QED) is 0.750. The monoisotopic (exact) mass is 237 g/mol. The number of ether oxygens (including phenoxy) is 1. The second-order valence-corrected chi connectivity index (χ2v) is 3.82. The van der Waals surface area contributed by atoms with Crippen LogP contribution in [0.1, 0.15) is 12.8 Å². The van der Waals surface area contributed by atoms with Crippen molar-refractivity contribution in [1.29, 1.82) is 0 Å². The smallest absolute Gasteiger partial charge is 0.407 e. The molecule has 0 atom stereocenters. The molecule has 90 valence electrons. The van der Waals surface area contributed by atoms with Crippen molar-refractivity contribution in [2.45, 2.75) is 12.8 Å². The Balaban J connectivity index is 1.98. The van der Waals surface area contributed by atoms with Crippen molar-refractivity contribution in [2.75, 3.05) is 13.1 Å². The van der Waals surface area contributed by atoms with Crippen LogP contribution in [-0.2, 0) is 4.79 Å². The summed E-state index contributed by atoms with van der Waals surface area (Å²) in [6.45, 7) is 0.679. The topological polar surface area (TPSA) is 46.6 Å². The molecule has 0 spiro atoms. The summed E-state index contributed by atoms with van der Waals surface area (Å²) in [6.07, 6.45) is 0.0706. The van der Waals surface area contributed by atoms with E-state index >= 15 is 0 Å². The number of hydrogen-bond acceptors (Lipinski definition) is 3. The van der Waals surface area contributed by atoms with Gasteiger partial charge >= 0.3 is 6.09 Å². The molecule has 1 fully saturated rings. The highest BCUT2D eigenvalue weighted by molar-refractivity contribution is 5.81. The van der Waals surface area contributed by atoms with E-state index in [1.54, 1.807) is 6.07 Å². The Hall–Kier alpha value is -1.91. The SMILES string of the molecule is O=C1CCN(C(=O)Oc2ccccc2F)CC1. The fraction of sp³-hybridized carbons (Fsp3) is 0.333. The maximum Gasteiger partial charge on any atom is 0.415 e. The van der Waals surface area contributed by atoms with Gasteiger partial charge in [0.25, 0.3) is 0 Å². The number of ketones is 1. The van der Waals surface area contributed by atoms with Crippen molar-refractivity contribution in [2.24, 2.45) is 0 Å². The van der Waals surface area contributed by atoms with Gasteiger partial charge in [0.05, 0.1) is 0 Å². The number of para-hydroxylation sites is 1. The van der Waals surface area contributed by atoms with Crippen LogP contribution >= 0.6 is 0 Å². The van der Waals surface area contributed by atoms with E-state index in [-0.39, 0.29) is 11.5 Å². The van der Waals surface area contributed by atoms with Crippen LogP contribution < -0.4 is 4.74 Å². The number of Topliss-reactive ketones (excluding diaryl/α,β-unsaturated/α-hetero) is 1. The Morgan fingerprint density at radius 2 is 1.88 bits per heavy atom. The van der Waals surface area contributed by atoms with Gasteiger partial charge in [0, 0.05) is 25.9 Å². The number of benzene rings is 1. The molecular weight excluding hydrogens is 225 g/mol. The highest BCUT2D eigenvalue weighted by Crippen LogP contribution is 2.17. The number of hydrogen-bond donors (Lipinski definition) is 0. The van der Waals surface area contributed by atoms with Crippen LogP contribution in [0, 0.1) is 5.82 Å². The molecule has 1 aliphatic heterocycles. The van der Waals surface area contributed by atoms with Crippen LogP contribution in [0.25, 0.3) is 0 Å². The van der Waals surface area contributed by atoms with Crippen molar-refractivity contribution in [3.8, 4) is 5.75 Å². The molecule has 2 rings (SSSR count). The standard InChI is InChI=1S/C12H12FNO3/c13-10-3-1-2-4-11(10)17-12(16)14-7-5-9(15)6-8-14/h1-4H,5-8H2. The second kappa shape index (κ2) is 4.95. The minimum Gasteiger partial charge on any atom is -0.407 e. The van der Waals surface area contributed by atoms with E-state index in [4.69, 9.17) is 4.74 Å². The fourth-order valence-corrected chi connectivity index (χ4v) is 1.62. The third kappa shape index (κ3) is 2.81. The Morgan fingerprint density at radius 1 is 1.24 bits per heavy atom. The lowest BCUT2D eigenvalue weighted by Gasteiger charge is -2.25. The van der Waals surface area contributed by atoms with Gasteiger partial charge in [0.2, 0.25) is 0 Å². The van der Waals surface area contributed by atoms with Gasteiger partial charge in [-0.3, -0.25) is 4.79 Å². The summed E-state index contributed by atoms with van der Waals surface area (Å²) in [6, 6.07) is 5.72. The van der Waals surface area contributed by atoms with E-state index in [0.29, 0.717) is 25.9 Å². The van der Waals surface area contributed by atoms with Gasteiger partial charge in [-0.1, -0.05) is 12.1 Å². The van der Waals surface area contributed by atoms with Crippen LogP contribution in [0.4, 0.5) is 9.18 Å². The van der Waals surface area contributed by atoms with E-state index in [1.807, 2.05) is 0 Å². The van der Waals surface area contributed by atoms with Gasteiger partial charge in [-0.2, -0.15) is 0 Å². The zero-order valence-electron chi connectivity index (χ0n) is 9.19. The van der Waals surface area contributed by atoms with Crippen molar-refractivity contribution in [1.82, 2.24) is 4.90 Å². The summed E-state index contributed by atoms with van der Waals surface area (Å²) >= 11 is 0. The fourth-order valence-electron chi connectivity index (χ4n) is 1.62. The molecule has 0 radical (unpaired) electrons. The zero-order chi connectivity index (χ0) is 12.3. The number of piperidine rings is 1. The van der Waals surface area contributed by atoms with Crippen LogP contribution in [0.5, 0.6) is 5.75 Å². The number of carbonyl (C=O) groups is 2. The van der Waals surface area contributed by atoms with E-state index in [1.165, 1.54) is 23.1 Å². The highest BCUT2D eigenvalue weighted by atomic mass is 19.1. The summed E-state index contributed by atoms with van der Waals surface area (Å²) in [7, 11) is 0. The van der Waals surface area contributed by atoms with Gasteiger partial charge in [-0.05, 0) is 12.1 Å². The third-order valence-corrected chi connectivity index (χ3v) is 2.61. The number of nitrogens with zero attached hydrogens (tertiary/aromatic N) is 1. The molecule has 1 amide bonds. The first kappa shape index (κ1) is 11.6. The maximum atomic E-state index is 13.2. The largest absolute Gasteiger partial charge is 0.415 e. The molecule has 0 bridgehead atoms. The predicted octanol–water partition coefficient (Wildman–Crippen LogP) is 1.99. The van der Waals surface area contributed by atoms with Crippen LogP contribution in [0.2, 0.25) is 0 Å². The molecule has 4 nitrogen and oxygen atoms in total. The predicted molar refractivity (Wildman–Crippen MR) is 58.2 cm³/mol. The first-order valence-electron chi connectivity index (χ1n) is 5.40. The molecule has 1 heterocycles. The Bertz CT molecular complexity index is 437. The molecule has 5 heteroatoms. The molecule has 0 aliphatic carbocycles. The normalized spacial score (nSPS) is 15.8. The van der Waals surface area contributed by atoms with Gasteiger partial charge < -0.3 is 9.64 Å². The van der Waals surface area contributed by atoms with E-state index in [9.17, 15) is 14.0 Å². The second-order valence-electron chi connectivity index (χ2n) is 3.82. The molecule has 1 aliphatic rings. The molecule has 0 aromatic heterocycles. The van der Waals surface area contributed by atoms with Crippen LogP contribution in [0.15, 0.2) is 24.3 Å². The Labute approximate surface area is 98.0 Å². The molecule has 0 unspecified atom stereocenters. The van der Waals surface area contributed by atoms with Crippen molar-refractivity contribution in [3.63, 3.8) is 0 Å². The lowest BCUT2D eigenvalue weighted by Crippen LogP contribution is -2.40. The van der Waals surface area contributed by atoms with Crippen LogP contribution in [0.3, 0.4) is 0 Å². The lowest BCUT2D eigenvalue weighted by molar-refractivity contribution is -0.121. The molecular formula is C12H12FNO3. The minimum atomic E-state index is -0.609. The van der Waals surface area contributed by atoms with Crippen molar-refractivity contribution in [3.05, 3.63) is 30.1 Å². The minimum absolute atomic E-state index is 0.0885. The number of carbonyl (C=O) groups excluding carboxylic acids is 2. The summed E-state index contributed by atoms with van der Waals surface area (Å²) in [5.74, 6) is -0.525. The zero-order valence-corrected chi connectivity index (χ0v) is 9.19. The summed E-state index contributed by atoms with van der Waals surface area (Å²) in [4.78, 5) is 24.1. The molecule has 0 saturated carbocycles. The van der Waals surface area contributed by atoms with E-state index < -0.39 is 11.9 Å². The van der Waals surface area contributed by atoms with E-state index in [0.717, 1.165) is 0 Å². The van der Waals surface area contributed by atoms with Crippen molar-refractivity contribution >= 4 is 11.9 Å². The first-order valence-corrected chi connectivity index (χ1v) is 5.40. The van der Waals surface area contributed by atoms with E-state index in [2.05, 4.69) is 0 Å². The number of amides is 1. The summed E-state index contributed by atoms with van der Waals surface area (Å²) in [5.41, 5.74) is 0. The van der Waals surface area contributed by atoms with Gasteiger partial charge in [-0.15, -0.1) is 0 Å². The number of rotatable bonds is 1. The molecule has 17 heavy (non-hydrogen) atoms. The Morgan fingerprint density at radius 3 is 2.53 bits per heavy atom. The van der Waals surface area contributed by atoms with Gasteiger partial charge in [0.15, 0.2) is 11.6 Å². The highest BCUT2D eigenvalue weighted by Gasteiger charge is 2.22. The summed E-state index contributed by atoms with van der Waals surface area (Å²) < 4.78 is 18.1. The average molecular weight is 237 g/mol.